The predicted molar refractivity (Wildman–Crippen MR) is 175 cm³/mol. The summed E-state index contributed by atoms with van der Waals surface area (Å²) in [5.74, 6) is -0.159. The van der Waals surface area contributed by atoms with Crippen LogP contribution in [-0.4, -0.2) is 87.5 Å². The van der Waals surface area contributed by atoms with Crippen molar-refractivity contribution in [1.82, 2.24) is 5.32 Å². The minimum Gasteiger partial charge on any atom is -0.394 e. The molecule has 1 aliphatic heterocycles. The molecule has 1 heterocycles. The molecule has 1 rings (SSSR count). The van der Waals surface area contributed by atoms with Crippen molar-refractivity contribution in [1.29, 1.82) is 0 Å². The van der Waals surface area contributed by atoms with E-state index in [2.05, 4.69) is 31.3 Å². The van der Waals surface area contributed by atoms with Gasteiger partial charge in [-0.05, 0) is 38.5 Å². The molecule has 1 amide bonds. The number of allylic oxidation sites excluding steroid dienone is 2. The van der Waals surface area contributed by atoms with E-state index in [-0.39, 0.29) is 12.5 Å². The van der Waals surface area contributed by atoms with Gasteiger partial charge < -0.3 is 40.3 Å². The first-order valence-electron chi connectivity index (χ1n) is 17.9. The van der Waals surface area contributed by atoms with Crippen LogP contribution in [0.15, 0.2) is 12.2 Å². The second-order valence-electron chi connectivity index (χ2n) is 12.7. The maximum absolute atomic E-state index is 12.7. The van der Waals surface area contributed by atoms with E-state index < -0.39 is 49.5 Å². The van der Waals surface area contributed by atoms with Crippen molar-refractivity contribution in [2.75, 3.05) is 13.2 Å². The summed E-state index contributed by atoms with van der Waals surface area (Å²) in [5.41, 5.74) is 0. The fourth-order valence-corrected chi connectivity index (χ4v) is 5.62. The third-order valence-corrected chi connectivity index (χ3v) is 8.62. The smallest absolute Gasteiger partial charge is 0.220 e. The molecule has 0 aliphatic carbocycles. The molecular formula is C35H67NO8. The molecule has 9 heteroatoms. The zero-order valence-corrected chi connectivity index (χ0v) is 27.9. The van der Waals surface area contributed by atoms with Crippen LogP contribution in [0.25, 0.3) is 0 Å². The highest BCUT2D eigenvalue weighted by molar-refractivity contribution is 5.76. The highest BCUT2D eigenvalue weighted by Crippen LogP contribution is 2.22. The lowest BCUT2D eigenvalue weighted by Crippen LogP contribution is -2.60. The SMILES string of the molecule is CCCCCCCC/C=C\CCCCCCCCCC(=O)NC(COC1OC(CO)C(O)C(O)C1O)C(O)CCCCCC. The number of rotatable bonds is 28. The Balaban J connectivity index is 2.28. The summed E-state index contributed by atoms with van der Waals surface area (Å²) in [5, 5.41) is 53.5. The van der Waals surface area contributed by atoms with E-state index in [1.165, 1.54) is 77.0 Å². The third-order valence-electron chi connectivity index (χ3n) is 8.62. The number of amides is 1. The monoisotopic (exact) mass is 629 g/mol. The van der Waals surface area contributed by atoms with Crippen LogP contribution in [0.3, 0.4) is 0 Å². The summed E-state index contributed by atoms with van der Waals surface area (Å²) < 4.78 is 11.1. The molecule has 260 valence electrons. The summed E-state index contributed by atoms with van der Waals surface area (Å²) in [6, 6.07) is -0.712. The van der Waals surface area contributed by atoms with Crippen molar-refractivity contribution in [3.63, 3.8) is 0 Å². The molecule has 0 bridgehead atoms. The third kappa shape index (κ3) is 18.8. The van der Waals surface area contributed by atoms with Gasteiger partial charge in [0.15, 0.2) is 6.29 Å². The van der Waals surface area contributed by atoms with Gasteiger partial charge in [-0.15, -0.1) is 0 Å². The highest BCUT2D eigenvalue weighted by Gasteiger charge is 2.44. The van der Waals surface area contributed by atoms with Crippen molar-refractivity contribution >= 4 is 5.91 Å². The molecule has 44 heavy (non-hydrogen) atoms. The summed E-state index contributed by atoms with van der Waals surface area (Å²) in [6.45, 7) is 3.68. The molecule has 0 aromatic carbocycles. The Bertz CT molecular complexity index is 706. The second-order valence-corrected chi connectivity index (χ2v) is 12.7. The van der Waals surface area contributed by atoms with Gasteiger partial charge in [0.05, 0.1) is 25.4 Å². The fourth-order valence-electron chi connectivity index (χ4n) is 5.62. The van der Waals surface area contributed by atoms with E-state index in [0.717, 1.165) is 44.9 Å². The quantitative estimate of drug-likeness (QED) is 0.0495. The molecule has 1 aliphatic rings. The highest BCUT2D eigenvalue weighted by atomic mass is 16.7. The first kappa shape index (κ1) is 41.0. The molecule has 0 spiro atoms. The average Bonchev–Trinajstić information content (AvgIpc) is 3.02. The van der Waals surface area contributed by atoms with E-state index in [1.54, 1.807) is 0 Å². The lowest BCUT2D eigenvalue weighted by atomic mass is 9.99. The van der Waals surface area contributed by atoms with Crippen LogP contribution >= 0.6 is 0 Å². The molecule has 7 atom stereocenters. The van der Waals surface area contributed by atoms with E-state index in [1.807, 2.05) is 0 Å². The second kappa shape index (κ2) is 27.1. The van der Waals surface area contributed by atoms with Crippen molar-refractivity contribution in [2.45, 2.75) is 192 Å². The van der Waals surface area contributed by atoms with Crippen LogP contribution in [0.5, 0.6) is 0 Å². The molecule has 1 saturated heterocycles. The first-order valence-corrected chi connectivity index (χ1v) is 17.9. The van der Waals surface area contributed by atoms with Crippen LogP contribution in [0.1, 0.15) is 149 Å². The van der Waals surface area contributed by atoms with Gasteiger partial charge in [-0.25, -0.2) is 0 Å². The number of hydrogen-bond donors (Lipinski definition) is 6. The molecule has 0 radical (unpaired) electrons. The van der Waals surface area contributed by atoms with Gasteiger partial charge in [0.1, 0.15) is 24.4 Å². The van der Waals surface area contributed by atoms with Gasteiger partial charge in [-0.3, -0.25) is 4.79 Å². The van der Waals surface area contributed by atoms with E-state index in [0.29, 0.717) is 12.8 Å². The number of hydrogen-bond acceptors (Lipinski definition) is 8. The predicted octanol–water partition coefficient (Wildman–Crippen LogP) is 5.44. The minimum absolute atomic E-state index is 0.141. The Kier molecular flexibility index (Phi) is 25.2. The van der Waals surface area contributed by atoms with Gasteiger partial charge in [0, 0.05) is 6.42 Å². The largest absolute Gasteiger partial charge is 0.394 e. The molecular weight excluding hydrogens is 562 g/mol. The Morgan fingerprint density at radius 1 is 0.750 bits per heavy atom. The van der Waals surface area contributed by atoms with Crippen LogP contribution in [0.4, 0.5) is 0 Å². The zero-order chi connectivity index (χ0) is 32.4. The normalized spacial score (nSPS) is 23.7. The first-order chi connectivity index (χ1) is 21.3. The van der Waals surface area contributed by atoms with Crippen LogP contribution in [0.2, 0.25) is 0 Å². The Hall–Kier alpha value is -1.07. The molecule has 9 nitrogen and oxygen atoms in total. The maximum atomic E-state index is 12.7. The molecule has 1 fully saturated rings. The molecule has 6 N–H and O–H groups in total. The Morgan fingerprint density at radius 3 is 1.84 bits per heavy atom. The summed E-state index contributed by atoms with van der Waals surface area (Å²) in [7, 11) is 0. The lowest BCUT2D eigenvalue weighted by molar-refractivity contribution is -0.302. The molecule has 0 aromatic rings. The zero-order valence-electron chi connectivity index (χ0n) is 27.9. The van der Waals surface area contributed by atoms with Crippen LogP contribution in [0, 0.1) is 0 Å². The number of aliphatic hydroxyl groups is 5. The fraction of sp³-hybridized carbons (Fsp3) is 0.914. The Morgan fingerprint density at radius 2 is 1.27 bits per heavy atom. The number of aliphatic hydroxyl groups excluding tert-OH is 5. The standard InChI is InChI=1S/C35H67NO8/c1-3-5-7-9-10-11-12-13-14-15-16-17-18-19-20-21-23-25-31(39)36-28(29(38)24-22-8-6-4-2)27-43-35-34(42)33(41)32(40)30(26-37)44-35/h13-14,28-30,32-35,37-38,40-42H,3-12,15-27H2,1-2H3,(H,36,39)/b14-13-. The van der Waals surface area contributed by atoms with Gasteiger partial charge in [0.2, 0.25) is 5.91 Å². The molecule has 0 saturated carbocycles. The number of unbranched alkanes of at least 4 members (excludes halogenated alkanes) is 16. The van der Waals surface area contributed by atoms with Crippen molar-refractivity contribution < 1.29 is 39.8 Å². The van der Waals surface area contributed by atoms with Crippen molar-refractivity contribution in [3.05, 3.63) is 12.2 Å². The van der Waals surface area contributed by atoms with Crippen molar-refractivity contribution in [3.8, 4) is 0 Å². The summed E-state index contributed by atoms with van der Waals surface area (Å²) >= 11 is 0. The van der Waals surface area contributed by atoms with Gasteiger partial charge in [-0.1, -0.05) is 116 Å². The maximum Gasteiger partial charge on any atom is 0.220 e. The minimum atomic E-state index is -1.55. The average molecular weight is 630 g/mol. The number of ether oxygens (including phenoxy) is 2. The van der Waals surface area contributed by atoms with Crippen LogP contribution in [-0.2, 0) is 14.3 Å². The van der Waals surface area contributed by atoms with E-state index in [9.17, 15) is 30.3 Å². The van der Waals surface area contributed by atoms with Crippen molar-refractivity contribution in [2.24, 2.45) is 0 Å². The van der Waals surface area contributed by atoms with Gasteiger partial charge in [-0.2, -0.15) is 0 Å². The lowest BCUT2D eigenvalue weighted by Gasteiger charge is -2.40. The summed E-state index contributed by atoms with van der Waals surface area (Å²) in [4.78, 5) is 12.7. The topological polar surface area (TPSA) is 149 Å². The molecule has 0 aromatic heterocycles. The number of nitrogens with one attached hydrogen (secondary N) is 1. The van der Waals surface area contributed by atoms with E-state index in [4.69, 9.17) is 9.47 Å². The Labute approximate surface area is 267 Å². The van der Waals surface area contributed by atoms with Gasteiger partial charge >= 0.3 is 0 Å². The summed E-state index contributed by atoms with van der Waals surface area (Å²) in [6.07, 6.45) is 19.9. The number of carbonyl (C=O) groups excluding carboxylic acids is 1. The van der Waals surface area contributed by atoms with Gasteiger partial charge in [0.25, 0.3) is 0 Å². The molecule has 7 unspecified atom stereocenters. The van der Waals surface area contributed by atoms with Crippen LogP contribution < -0.4 is 5.32 Å². The van der Waals surface area contributed by atoms with E-state index >= 15 is 0 Å². The number of carbonyl (C=O) groups is 1.